The third kappa shape index (κ3) is 2.66. The molecule has 3 aliphatic rings. The van der Waals surface area contributed by atoms with Crippen LogP contribution >= 0.6 is 0 Å². The zero-order valence-corrected chi connectivity index (χ0v) is 10.7. The van der Waals surface area contributed by atoms with Crippen molar-refractivity contribution >= 4 is 11.7 Å². The van der Waals surface area contributed by atoms with E-state index in [4.69, 9.17) is 5.73 Å². The van der Waals surface area contributed by atoms with E-state index in [2.05, 4.69) is 25.3 Å². The van der Waals surface area contributed by atoms with E-state index in [0.717, 1.165) is 26.2 Å². The number of carbonyl (C=O) groups is 1. The first-order valence-electron chi connectivity index (χ1n) is 6.56. The zero-order valence-electron chi connectivity index (χ0n) is 10.7. The molecular weight excluding hydrogens is 244 g/mol. The van der Waals surface area contributed by atoms with Gasteiger partial charge < -0.3 is 11.1 Å². The second-order valence-corrected chi connectivity index (χ2v) is 5.04. The van der Waals surface area contributed by atoms with Crippen LogP contribution in [0.3, 0.4) is 0 Å². The van der Waals surface area contributed by atoms with Gasteiger partial charge >= 0.3 is 0 Å². The number of nitrogens with zero attached hydrogens (tertiary/aromatic N) is 4. The number of hydrogen-bond donors (Lipinski definition) is 2. The summed E-state index contributed by atoms with van der Waals surface area (Å²) in [7, 11) is 0. The van der Waals surface area contributed by atoms with E-state index < -0.39 is 5.91 Å². The summed E-state index contributed by atoms with van der Waals surface area (Å²) in [6, 6.07) is 3.86. The second kappa shape index (κ2) is 5.10. The van der Waals surface area contributed by atoms with E-state index in [-0.39, 0.29) is 5.69 Å². The maximum absolute atomic E-state index is 10.9. The Morgan fingerprint density at radius 2 is 2.11 bits per heavy atom. The van der Waals surface area contributed by atoms with Crippen LogP contribution in [0.1, 0.15) is 10.5 Å². The lowest BCUT2D eigenvalue weighted by atomic mass is 10.1. The number of aromatic nitrogens is 2. The second-order valence-electron chi connectivity index (χ2n) is 5.04. The quantitative estimate of drug-likeness (QED) is 0.723. The fraction of sp³-hybridized carbons (Fsp3) is 0.583. The largest absolute Gasteiger partial charge is 0.367 e. The van der Waals surface area contributed by atoms with Crippen LogP contribution in [0, 0.1) is 0 Å². The van der Waals surface area contributed by atoms with E-state index in [0.29, 0.717) is 11.9 Å². The number of piperazine rings is 3. The van der Waals surface area contributed by atoms with Crippen LogP contribution in [-0.4, -0.2) is 71.2 Å². The van der Waals surface area contributed by atoms with Crippen LogP contribution in [0.15, 0.2) is 12.1 Å². The molecule has 1 aromatic rings. The van der Waals surface area contributed by atoms with Gasteiger partial charge in [-0.3, -0.25) is 14.6 Å². The van der Waals surface area contributed by atoms with Gasteiger partial charge in [0, 0.05) is 45.3 Å². The molecule has 3 aliphatic heterocycles. The number of primary amides is 1. The summed E-state index contributed by atoms with van der Waals surface area (Å²) in [4.78, 5) is 15.9. The SMILES string of the molecule is NC(=O)c1ccc(NCC2CN3CCN2CC3)nn1. The number of anilines is 1. The lowest BCUT2D eigenvalue weighted by Crippen LogP contribution is -2.62. The van der Waals surface area contributed by atoms with E-state index >= 15 is 0 Å². The summed E-state index contributed by atoms with van der Waals surface area (Å²) >= 11 is 0. The summed E-state index contributed by atoms with van der Waals surface area (Å²) in [5.74, 6) is 0.130. The Kier molecular flexibility index (Phi) is 3.31. The van der Waals surface area contributed by atoms with Gasteiger partial charge in [-0.15, -0.1) is 10.2 Å². The van der Waals surface area contributed by atoms with Gasteiger partial charge in [-0.1, -0.05) is 0 Å². The Labute approximate surface area is 111 Å². The molecule has 3 N–H and O–H groups in total. The van der Waals surface area contributed by atoms with Gasteiger partial charge in [0.2, 0.25) is 0 Å². The topological polar surface area (TPSA) is 87.4 Å². The number of carbonyl (C=O) groups excluding carboxylic acids is 1. The molecule has 4 heterocycles. The lowest BCUT2D eigenvalue weighted by Gasteiger charge is -2.47. The van der Waals surface area contributed by atoms with Crippen molar-refractivity contribution in [1.82, 2.24) is 20.0 Å². The predicted molar refractivity (Wildman–Crippen MR) is 70.8 cm³/mol. The van der Waals surface area contributed by atoms with Gasteiger partial charge in [0.25, 0.3) is 5.91 Å². The van der Waals surface area contributed by atoms with Crippen LogP contribution in [-0.2, 0) is 0 Å². The van der Waals surface area contributed by atoms with E-state index in [1.54, 1.807) is 12.1 Å². The van der Waals surface area contributed by atoms with E-state index in [1.165, 1.54) is 13.1 Å². The third-order valence-electron chi connectivity index (χ3n) is 3.83. The molecule has 7 nitrogen and oxygen atoms in total. The van der Waals surface area contributed by atoms with E-state index in [1.807, 2.05) is 0 Å². The highest BCUT2D eigenvalue weighted by Crippen LogP contribution is 2.15. The van der Waals surface area contributed by atoms with Gasteiger partial charge in [-0.2, -0.15) is 0 Å². The molecule has 1 atom stereocenters. The molecule has 102 valence electrons. The van der Waals surface area contributed by atoms with Gasteiger partial charge in [0.05, 0.1) is 0 Å². The molecule has 0 aliphatic carbocycles. The van der Waals surface area contributed by atoms with Crippen molar-refractivity contribution in [2.45, 2.75) is 6.04 Å². The Morgan fingerprint density at radius 1 is 1.32 bits per heavy atom. The predicted octanol–water partition coefficient (Wildman–Crippen LogP) is -1.01. The van der Waals surface area contributed by atoms with E-state index in [9.17, 15) is 4.79 Å². The van der Waals surface area contributed by atoms with Crippen molar-refractivity contribution in [3.63, 3.8) is 0 Å². The summed E-state index contributed by atoms with van der Waals surface area (Å²) in [6.45, 7) is 6.63. The molecule has 3 saturated heterocycles. The van der Waals surface area contributed by atoms with Crippen molar-refractivity contribution in [2.75, 3.05) is 44.6 Å². The van der Waals surface area contributed by atoms with Crippen LogP contribution < -0.4 is 11.1 Å². The number of hydrogen-bond acceptors (Lipinski definition) is 6. The number of fused-ring (bicyclic) bond motifs is 3. The Morgan fingerprint density at radius 3 is 2.63 bits per heavy atom. The molecule has 0 radical (unpaired) electrons. The molecule has 7 heteroatoms. The van der Waals surface area contributed by atoms with Gasteiger partial charge in [-0.05, 0) is 12.1 Å². The molecule has 4 rings (SSSR count). The maximum atomic E-state index is 10.9. The van der Waals surface area contributed by atoms with Gasteiger partial charge in [0.15, 0.2) is 5.69 Å². The first kappa shape index (κ1) is 12.3. The van der Waals surface area contributed by atoms with Crippen LogP contribution in [0.2, 0.25) is 0 Å². The normalized spacial score (nSPS) is 29.2. The summed E-state index contributed by atoms with van der Waals surface area (Å²) in [5, 5.41) is 11.0. The first-order valence-corrected chi connectivity index (χ1v) is 6.56. The highest BCUT2D eigenvalue weighted by molar-refractivity contribution is 5.90. The highest BCUT2D eigenvalue weighted by atomic mass is 16.1. The third-order valence-corrected chi connectivity index (χ3v) is 3.83. The fourth-order valence-electron chi connectivity index (χ4n) is 2.70. The summed E-state index contributed by atoms with van der Waals surface area (Å²) < 4.78 is 0. The minimum atomic E-state index is -0.553. The average molecular weight is 262 g/mol. The van der Waals surface area contributed by atoms with Gasteiger partial charge in [0.1, 0.15) is 5.82 Å². The van der Waals surface area contributed by atoms with Gasteiger partial charge in [-0.25, -0.2) is 0 Å². The molecule has 0 spiro atoms. The molecule has 1 unspecified atom stereocenters. The van der Waals surface area contributed by atoms with Crippen molar-refractivity contribution in [2.24, 2.45) is 5.73 Å². The molecule has 1 aromatic heterocycles. The van der Waals surface area contributed by atoms with Crippen molar-refractivity contribution in [3.05, 3.63) is 17.8 Å². The van der Waals surface area contributed by atoms with Crippen LogP contribution in [0.4, 0.5) is 5.82 Å². The number of nitrogens with two attached hydrogens (primary N) is 1. The first-order chi connectivity index (χ1) is 9.22. The van der Waals surface area contributed by atoms with Crippen LogP contribution in [0.5, 0.6) is 0 Å². The Balaban J connectivity index is 1.56. The maximum Gasteiger partial charge on any atom is 0.269 e. The molecule has 2 bridgehead atoms. The van der Waals surface area contributed by atoms with Crippen LogP contribution in [0.25, 0.3) is 0 Å². The molecule has 1 amide bonds. The molecule has 0 saturated carbocycles. The smallest absolute Gasteiger partial charge is 0.269 e. The lowest BCUT2D eigenvalue weighted by molar-refractivity contribution is 0.0189. The summed E-state index contributed by atoms with van der Waals surface area (Å²) in [6.07, 6.45) is 0. The minimum Gasteiger partial charge on any atom is -0.367 e. The number of rotatable bonds is 4. The fourth-order valence-corrected chi connectivity index (χ4v) is 2.70. The standard InChI is InChI=1S/C12H18N6O/c13-12(19)10-1-2-11(16-15-10)14-7-9-8-17-3-5-18(9)6-4-17/h1-2,9H,3-8H2,(H2,13,19)(H,14,16). The molecular formula is C12H18N6O. The van der Waals surface area contributed by atoms with Crippen molar-refractivity contribution < 1.29 is 4.79 Å². The zero-order chi connectivity index (χ0) is 13.2. The highest BCUT2D eigenvalue weighted by Gasteiger charge is 2.31. The molecule has 19 heavy (non-hydrogen) atoms. The number of nitrogens with one attached hydrogen (secondary N) is 1. The number of amides is 1. The van der Waals surface area contributed by atoms with Crippen molar-refractivity contribution in [1.29, 1.82) is 0 Å². The average Bonchev–Trinajstić information content (AvgIpc) is 2.47. The Bertz CT molecular complexity index is 454. The van der Waals surface area contributed by atoms with Crippen molar-refractivity contribution in [3.8, 4) is 0 Å². The molecule has 0 aromatic carbocycles. The monoisotopic (exact) mass is 262 g/mol. The Hall–Kier alpha value is -1.73. The summed E-state index contributed by atoms with van der Waals surface area (Å²) in [5.41, 5.74) is 5.31. The minimum absolute atomic E-state index is 0.192. The molecule has 3 fully saturated rings.